The number of hydrogen-bond acceptors (Lipinski definition) is 6. The average Bonchev–Trinajstić information content (AvgIpc) is 2.43. The van der Waals surface area contributed by atoms with Gasteiger partial charge in [0.15, 0.2) is 22.9 Å². The number of carbonyl (C=O) groups is 2. The van der Waals surface area contributed by atoms with Crippen LogP contribution >= 0.6 is 23.2 Å². The predicted octanol–water partition coefficient (Wildman–Crippen LogP) is 3.08. The highest BCUT2D eigenvalue weighted by molar-refractivity contribution is 6.33. The molecule has 2 N–H and O–H groups in total. The van der Waals surface area contributed by atoms with E-state index >= 15 is 0 Å². The van der Waals surface area contributed by atoms with Crippen molar-refractivity contribution in [2.45, 2.75) is 0 Å². The molecule has 2 aromatic rings. The minimum Gasteiger partial charge on any atom is -0.476 e. The van der Waals surface area contributed by atoms with E-state index in [9.17, 15) is 9.59 Å². The van der Waals surface area contributed by atoms with E-state index in [1.165, 1.54) is 12.1 Å². The first-order valence-electron chi connectivity index (χ1n) is 5.60. The lowest BCUT2D eigenvalue weighted by molar-refractivity contribution is 0.0678. The molecule has 0 spiro atoms. The summed E-state index contributed by atoms with van der Waals surface area (Å²) in [5, 5.41) is 17.6. The Morgan fingerprint density at radius 2 is 1.23 bits per heavy atom. The van der Waals surface area contributed by atoms with E-state index in [0.29, 0.717) is 0 Å². The number of pyridine rings is 2. The Bertz CT molecular complexity index is 769. The van der Waals surface area contributed by atoms with Crippen LogP contribution in [0.5, 0.6) is 23.3 Å². The lowest BCUT2D eigenvalue weighted by Gasteiger charge is -2.19. The highest BCUT2D eigenvalue weighted by Gasteiger charge is 2.27. The van der Waals surface area contributed by atoms with Crippen molar-refractivity contribution < 1.29 is 29.3 Å². The molecule has 0 saturated heterocycles. The number of nitrogens with zero attached hydrogens (tertiary/aromatic N) is 2. The molecule has 2 aromatic heterocycles. The first kappa shape index (κ1) is 14.4. The van der Waals surface area contributed by atoms with E-state index in [1.807, 2.05) is 0 Å². The van der Waals surface area contributed by atoms with E-state index in [0.717, 1.165) is 0 Å². The van der Waals surface area contributed by atoms with Crippen LogP contribution in [0.15, 0.2) is 12.1 Å². The van der Waals surface area contributed by atoms with Gasteiger partial charge in [-0.1, -0.05) is 23.2 Å². The van der Waals surface area contributed by atoms with Crippen molar-refractivity contribution in [3.8, 4) is 23.3 Å². The van der Waals surface area contributed by atoms with Gasteiger partial charge in [-0.2, -0.15) is 0 Å². The van der Waals surface area contributed by atoms with Crippen molar-refractivity contribution >= 4 is 35.1 Å². The quantitative estimate of drug-likeness (QED) is 0.729. The SMILES string of the molecule is O=C(O)c1nc2c(cc1Cl)Oc1nc(C(=O)O)c(Cl)cc1O2. The second kappa shape index (κ2) is 5.00. The Balaban J connectivity index is 2.10. The van der Waals surface area contributed by atoms with E-state index in [2.05, 4.69) is 9.97 Å². The van der Waals surface area contributed by atoms with Crippen molar-refractivity contribution in [1.29, 1.82) is 0 Å². The van der Waals surface area contributed by atoms with Crippen molar-refractivity contribution in [3.05, 3.63) is 33.6 Å². The molecule has 0 atom stereocenters. The molecule has 10 heteroatoms. The van der Waals surface area contributed by atoms with Gasteiger partial charge in [0, 0.05) is 12.1 Å². The summed E-state index contributed by atoms with van der Waals surface area (Å²) in [5.41, 5.74) is -0.817. The largest absolute Gasteiger partial charge is 0.476 e. The predicted molar refractivity (Wildman–Crippen MR) is 72.6 cm³/mol. The normalized spacial score (nSPS) is 11.7. The van der Waals surface area contributed by atoms with Crippen LogP contribution in [0, 0.1) is 0 Å². The van der Waals surface area contributed by atoms with Crippen LogP contribution in [0.3, 0.4) is 0 Å². The fraction of sp³-hybridized carbons (Fsp3) is 0. The lowest BCUT2D eigenvalue weighted by atomic mass is 10.3. The lowest BCUT2D eigenvalue weighted by Crippen LogP contribution is -2.10. The topological polar surface area (TPSA) is 119 Å². The number of aromatic carboxylic acids is 2. The van der Waals surface area contributed by atoms with Crippen molar-refractivity contribution in [1.82, 2.24) is 9.97 Å². The molecule has 1 aliphatic heterocycles. The maximum absolute atomic E-state index is 11.0. The van der Waals surface area contributed by atoms with Crippen LogP contribution in [0.25, 0.3) is 0 Å². The fourth-order valence-corrected chi connectivity index (χ4v) is 2.16. The smallest absolute Gasteiger partial charge is 0.356 e. The van der Waals surface area contributed by atoms with Gasteiger partial charge in [0.1, 0.15) is 0 Å². The van der Waals surface area contributed by atoms with Gasteiger partial charge < -0.3 is 19.7 Å². The third-order valence-corrected chi connectivity index (χ3v) is 3.21. The highest BCUT2D eigenvalue weighted by Crippen LogP contribution is 2.45. The maximum Gasteiger partial charge on any atom is 0.356 e. The molecule has 0 unspecified atom stereocenters. The third-order valence-electron chi connectivity index (χ3n) is 2.63. The number of carboxylic acid groups (broad SMARTS) is 2. The molecule has 0 aliphatic carbocycles. The first-order valence-corrected chi connectivity index (χ1v) is 6.35. The summed E-state index contributed by atoms with van der Waals surface area (Å²) < 4.78 is 10.7. The van der Waals surface area contributed by atoms with Gasteiger partial charge in [-0.25, -0.2) is 19.6 Å². The molecule has 8 nitrogen and oxygen atoms in total. The van der Waals surface area contributed by atoms with Crippen molar-refractivity contribution in [2.75, 3.05) is 0 Å². The summed E-state index contributed by atoms with van der Waals surface area (Å²) in [7, 11) is 0. The zero-order chi connectivity index (χ0) is 16.0. The second-order valence-electron chi connectivity index (χ2n) is 4.06. The number of halogens is 2. The molecule has 0 saturated carbocycles. The summed E-state index contributed by atoms with van der Waals surface area (Å²) in [6.07, 6.45) is 0. The minimum atomic E-state index is -1.33. The summed E-state index contributed by atoms with van der Waals surface area (Å²) >= 11 is 11.6. The van der Waals surface area contributed by atoms with Crippen LogP contribution in [0.1, 0.15) is 21.0 Å². The van der Waals surface area contributed by atoms with Gasteiger partial charge >= 0.3 is 11.9 Å². The molecule has 22 heavy (non-hydrogen) atoms. The molecule has 1 aliphatic rings. The van der Waals surface area contributed by atoms with E-state index in [1.54, 1.807) is 0 Å². The zero-order valence-electron chi connectivity index (χ0n) is 10.3. The Labute approximate surface area is 131 Å². The molecular weight excluding hydrogens is 339 g/mol. The maximum atomic E-state index is 11.0. The molecule has 112 valence electrons. The molecular formula is C12H4Cl2N2O6. The van der Waals surface area contributed by atoms with Gasteiger partial charge in [0.25, 0.3) is 11.8 Å². The van der Waals surface area contributed by atoms with Gasteiger partial charge in [-0.3, -0.25) is 0 Å². The van der Waals surface area contributed by atoms with Crippen LogP contribution in [0.2, 0.25) is 10.0 Å². The van der Waals surface area contributed by atoms with E-state index in [4.69, 9.17) is 42.9 Å². The fourth-order valence-electron chi connectivity index (χ4n) is 1.71. The minimum absolute atomic E-state index is 0.00802. The summed E-state index contributed by atoms with van der Waals surface area (Å²) in [4.78, 5) is 29.4. The number of hydrogen-bond donors (Lipinski definition) is 2. The van der Waals surface area contributed by atoms with Gasteiger partial charge in [0.2, 0.25) is 0 Å². The first-order chi connectivity index (χ1) is 10.4. The zero-order valence-corrected chi connectivity index (χ0v) is 11.8. The molecule has 0 amide bonds. The van der Waals surface area contributed by atoms with Gasteiger partial charge in [0.05, 0.1) is 10.0 Å². The molecule has 3 rings (SSSR count). The van der Waals surface area contributed by atoms with E-state index < -0.39 is 23.3 Å². The molecule has 3 heterocycles. The number of fused-ring (bicyclic) bond motifs is 2. The van der Waals surface area contributed by atoms with Crippen LogP contribution < -0.4 is 9.47 Å². The second-order valence-corrected chi connectivity index (χ2v) is 4.87. The Morgan fingerprint density at radius 1 is 0.864 bits per heavy atom. The summed E-state index contributed by atoms with van der Waals surface area (Å²) in [6, 6.07) is 2.38. The van der Waals surface area contributed by atoms with E-state index in [-0.39, 0.29) is 33.3 Å². The number of carboxylic acids is 2. The Hall–Kier alpha value is -2.58. The van der Waals surface area contributed by atoms with Gasteiger partial charge in [-0.05, 0) is 0 Å². The summed E-state index contributed by atoms with van der Waals surface area (Å²) in [6.45, 7) is 0. The average molecular weight is 343 g/mol. The standard InChI is InChI=1S/C12H4Cl2N2O6/c13-3-1-5-9(15-7(3)11(17)18)22-6-2-4(14)8(12(19)20)16-10(6)21-5/h1-2H,(H,17,18)(H,19,20). The highest BCUT2D eigenvalue weighted by atomic mass is 35.5. The molecule has 0 radical (unpaired) electrons. The Morgan fingerprint density at radius 3 is 1.55 bits per heavy atom. The number of aromatic nitrogens is 2. The van der Waals surface area contributed by atoms with Crippen LogP contribution in [0.4, 0.5) is 0 Å². The molecule has 0 bridgehead atoms. The number of ether oxygens (including phenoxy) is 2. The third kappa shape index (κ3) is 2.28. The van der Waals surface area contributed by atoms with Crippen molar-refractivity contribution in [3.63, 3.8) is 0 Å². The van der Waals surface area contributed by atoms with Crippen LogP contribution in [-0.4, -0.2) is 32.1 Å². The Kier molecular flexibility index (Phi) is 3.27. The van der Waals surface area contributed by atoms with Crippen molar-refractivity contribution in [2.24, 2.45) is 0 Å². The number of rotatable bonds is 2. The summed E-state index contributed by atoms with van der Waals surface area (Å²) in [5.74, 6) is -2.94. The van der Waals surface area contributed by atoms with Crippen LogP contribution in [-0.2, 0) is 0 Å². The molecule has 0 aromatic carbocycles. The van der Waals surface area contributed by atoms with Gasteiger partial charge in [-0.15, -0.1) is 0 Å². The monoisotopic (exact) mass is 342 g/mol. The molecule has 0 fully saturated rings.